The maximum absolute atomic E-state index is 6.23. The van der Waals surface area contributed by atoms with Crippen LogP contribution >= 0.6 is 23.2 Å². The summed E-state index contributed by atoms with van der Waals surface area (Å²) in [7, 11) is 0. The van der Waals surface area contributed by atoms with E-state index >= 15 is 0 Å². The zero-order valence-electron chi connectivity index (χ0n) is 10.9. The van der Waals surface area contributed by atoms with Crippen LogP contribution < -0.4 is 5.73 Å². The number of rotatable bonds is 4. The summed E-state index contributed by atoms with van der Waals surface area (Å²) in [5.41, 5.74) is 9.57. The van der Waals surface area contributed by atoms with E-state index in [1.807, 2.05) is 18.2 Å². The third-order valence-corrected chi connectivity index (χ3v) is 3.98. The lowest BCUT2D eigenvalue weighted by atomic mass is 9.89. The Balaban J connectivity index is 2.27. The Morgan fingerprint density at radius 3 is 2.47 bits per heavy atom. The number of benzene rings is 2. The molecule has 19 heavy (non-hydrogen) atoms. The lowest BCUT2D eigenvalue weighted by molar-refractivity contribution is 0.690. The highest BCUT2D eigenvalue weighted by Crippen LogP contribution is 2.28. The third-order valence-electron chi connectivity index (χ3n) is 3.39. The second kappa shape index (κ2) is 6.42. The third kappa shape index (κ3) is 3.50. The Morgan fingerprint density at radius 1 is 1.11 bits per heavy atom. The van der Waals surface area contributed by atoms with E-state index in [1.165, 1.54) is 11.1 Å². The van der Waals surface area contributed by atoms with E-state index < -0.39 is 0 Å². The molecule has 2 N–H and O–H groups in total. The van der Waals surface area contributed by atoms with Crippen molar-refractivity contribution in [3.8, 4) is 0 Å². The largest absolute Gasteiger partial charge is 0.330 e. The maximum Gasteiger partial charge on any atom is 0.0453 e. The smallest absolute Gasteiger partial charge is 0.0453 e. The molecule has 0 heterocycles. The van der Waals surface area contributed by atoms with Gasteiger partial charge >= 0.3 is 0 Å². The Morgan fingerprint density at radius 2 is 1.84 bits per heavy atom. The van der Waals surface area contributed by atoms with E-state index in [0.717, 1.165) is 12.0 Å². The van der Waals surface area contributed by atoms with Gasteiger partial charge in [-0.1, -0.05) is 53.5 Å². The molecule has 2 aromatic carbocycles. The Labute approximate surface area is 124 Å². The summed E-state index contributed by atoms with van der Waals surface area (Å²) >= 11 is 12.2. The van der Waals surface area contributed by atoms with Gasteiger partial charge in [-0.2, -0.15) is 0 Å². The van der Waals surface area contributed by atoms with Crippen LogP contribution in [0.5, 0.6) is 0 Å². The first-order chi connectivity index (χ1) is 9.11. The van der Waals surface area contributed by atoms with Gasteiger partial charge < -0.3 is 5.73 Å². The highest BCUT2D eigenvalue weighted by Gasteiger charge is 2.14. The number of halogens is 2. The lowest BCUT2D eigenvalue weighted by Gasteiger charge is -2.18. The number of hydrogen-bond acceptors (Lipinski definition) is 1. The summed E-state index contributed by atoms with van der Waals surface area (Å²) in [6, 6.07) is 14.0. The van der Waals surface area contributed by atoms with E-state index in [-0.39, 0.29) is 5.92 Å². The molecule has 1 nitrogen and oxygen atoms in total. The molecular weight excluding hydrogens is 277 g/mol. The van der Waals surface area contributed by atoms with E-state index in [9.17, 15) is 0 Å². The quantitative estimate of drug-likeness (QED) is 0.877. The number of aryl methyl sites for hydroxylation is 1. The van der Waals surface area contributed by atoms with Gasteiger partial charge in [-0.25, -0.2) is 0 Å². The van der Waals surface area contributed by atoms with Crippen molar-refractivity contribution in [1.29, 1.82) is 0 Å². The predicted molar refractivity (Wildman–Crippen MR) is 83.1 cm³/mol. The van der Waals surface area contributed by atoms with Crippen LogP contribution in [-0.4, -0.2) is 6.54 Å². The molecule has 0 saturated heterocycles. The van der Waals surface area contributed by atoms with Crippen LogP contribution in [0.25, 0.3) is 0 Å². The van der Waals surface area contributed by atoms with Crippen molar-refractivity contribution >= 4 is 23.2 Å². The van der Waals surface area contributed by atoms with Gasteiger partial charge in [-0.05, 0) is 48.7 Å². The lowest BCUT2D eigenvalue weighted by Crippen LogP contribution is -2.16. The fourth-order valence-electron chi connectivity index (χ4n) is 2.32. The molecule has 1 atom stereocenters. The molecule has 3 heteroatoms. The first kappa shape index (κ1) is 14.4. The molecule has 0 aliphatic rings. The van der Waals surface area contributed by atoms with Gasteiger partial charge in [0.2, 0.25) is 0 Å². The zero-order chi connectivity index (χ0) is 13.8. The van der Waals surface area contributed by atoms with Crippen molar-refractivity contribution in [2.75, 3.05) is 6.54 Å². The molecular formula is C16H17Cl2N. The second-order valence-corrected chi connectivity index (χ2v) is 5.57. The average Bonchev–Trinajstić information content (AvgIpc) is 2.39. The molecule has 0 radical (unpaired) electrons. The summed E-state index contributed by atoms with van der Waals surface area (Å²) in [6.07, 6.45) is 0.831. The Kier molecular flexibility index (Phi) is 4.87. The van der Waals surface area contributed by atoms with Crippen molar-refractivity contribution < 1.29 is 0 Å². The summed E-state index contributed by atoms with van der Waals surface area (Å²) in [4.78, 5) is 0. The summed E-state index contributed by atoms with van der Waals surface area (Å²) in [6.45, 7) is 2.71. The topological polar surface area (TPSA) is 26.0 Å². The standard InChI is InChI=1S/C16H17Cl2N/c1-11-4-2-3-5-15(11)13(10-19)8-12-6-7-14(17)9-16(12)18/h2-7,9,13H,8,10,19H2,1H3. The van der Waals surface area contributed by atoms with Crippen LogP contribution in [0, 0.1) is 6.92 Å². The number of hydrogen-bond donors (Lipinski definition) is 1. The van der Waals surface area contributed by atoms with Gasteiger partial charge in [0.05, 0.1) is 0 Å². The van der Waals surface area contributed by atoms with E-state index in [1.54, 1.807) is 6.07 Å². The van der Waals surface area contributed by atoms with E-state index in [0.29, 0.717) is 16.6 Å². The van der Waals surface area contributed by atoms with Crippen molar-refractivity contribution in [2.24, 2.45) is 5.73 Å². The summed E-state index contributed by atoms with van der Waals surface area (Å²) in [5.74, 6) is 0.278. The normalized spacial score (nSPS) is 12.4. The molecule has 100 valence electrons. The van der Waals surface area contributed by atoms with Crippen LogP contribution in [0.15, 0.2) is 42.5 Å². The molecule has 2 rings (SSSR count). The van der Waals surface area contributed by atoms with Crippen LogP contribution in [-0.2, 0) is 6.42 Å². The Bertz CT molecular complexity index is 566. The highest BCUT2D eigenvalue weighted by molar-refractivity contribution is 6.35. The minimum absolute atomic E-state index is 0.278. The molecule has 0 amide bonds. The van der Waals surface area contributed by atoms with Gasteiger partial charge in [0.1, 0.15) is 0 Å². The molecule has 0 aliphatic heterocycles. The minimum Gasteiger partial charge on any atom is -0.330 e. The first-order valence-corrected chi connectivity index (χ1v) is 7.07. The Hall–Kier alpha value is -1.02. The van der Waals surface area contributed by atoms with Gasteiger partial charge in [-0.15, -0.1) is 0 Å². The average molecular weight is 294 g/mol. The maximum atomic E-state index is 6.23. The molecule has 0 bridgehead atoms. The van der Waals surface area contributed by atoms with E-state index in [4.69, 9.17) is 28.9 Å². The monoisotopic (exact) mass is 293 g/mol. The first-order valence-electron chi connectivity index (χ1n) is 6.31. The van der Waals surface area contributed by atoms with Crippen molar-refractivity contribution in [2.45, 2.75) is 19.3 Å². The van der Waals surface area contributed by atoms with Gasteiger partial charge in [0, 0.05) is 16.0 Å². The fourth-order valence-corrected chi connectivity index (χ4v) is 2.80. The highest BCUT2D eigenvalue weighted by atomic mass is 35.5. The van der Waals surface area contributed by atoms with Crippen LogP contribution in [0.1, 0.15) is 22.6 Å². The second-order valence-electron chi connectivity index (χ2n) is 4.73. The molecule has 0 saturated carbocycles. The number of nitrogens with two attached hydrogens (primary N) is 1. The van der Waals surface area contributed by atoms with Crippen LogP contribution in [0.4, 0.5) is 0 Å². The van der Waals surface area contributed by atoms with Gasteiger partial charge in [0.15, 0.2) is 0 Å². The summed E-state index contributed by atoms with van der Waals surface area (Å²) in [5, 5.41) is 1.37. The van der Waals surface area contributed by atoms with Crippen LogP contribution in [0.2, 0.25) is 10.0 Å². The molecule has 2 aromatic rings. The van der Waals surface area contributed by atoms with Crippen molar-refractivity contribution in [3.63, 3.8) is 0 Å². The molecule has 0 aromatic heterocycles. The summed E-state index contributed by atoms with van der Waals surface area (Å²) < 4.78 is 0. The van der Waals surface area contributed by atoms with Gasteiger partial charge in [-0.3, -0.25) is 0 Å². The van der Waals surface area contributed by atoms with Crippen molar-refractivity contribution in [3.05, 3.63) is 69.2 Å². The molecule has 0 fully saturated rings. The fraction of sp³-hybridized carbons (Fsp3) is 0.250. The SMILES string of the molecule is Cc1ccccc1C(CN)Cc1ccc(Cl)cc1Cl. The van der Waals surface area contributed by atoms with Crippen LogP contribution in [0.3, 0.4) is 0 Å². The predicted octanol–water partition coefficient (Wildman–Crippen LogP) is 4.59. The molecule has 0 spiro atoms. The zero-order valence-corrected chi connectivity index (χ0v) is 12.4. The molecule has 1 unspecified atom stereocenters. The minimum atomic E-state index is 0.278. The van der Waals surface area contributed by atoms with Gasteiger partial charge in [0.25, 0.3) is 0 Å². The molecule has 0 aliphatic carbocycles. The van der Waals surface area contributed by atoms with Crippen molar-refractivity contribution in [1.82, 2.24) is 0 Å². The van der Waals surface area contributed by atoms with E-state index in [2.05, 4.69) is 25.1 Å².